The minimum Gasteiger partial charge on any atom is -0.493 e. The third kappa shape index (κ3) is 7.36. The van der Waals surface area contributed by atoms with Gasteiger partial charge in [0.25, 0.3) is 0 Å². The zero-order valence-corrected chi connectivity index (χ0v) is 21.6. The fraction of sp³-hybridized carbons (Fsp3) is 0.444. The van der Waals surface area contributed by atoms with E-state index in [0.29, 0.717) is 49.4 Å². The van der Waals surface area contributed by atoms with Crippen LogP contribution in [0.15, 0.2) is 54.9 Å². The fourth-order valence-corrected chi connectivity index (χ4v) is 4.34. The standard InChI is InChI=1S/C27H34ClN3O5/c1-21-29-10-12-31(21)11-3-14-35-25-9-4-22(16-26(25)33-2)17-30-13-15-34-19-27(32,18-30)20-36-24-7-5-23(28)6-8-24/h4-10,12,16,32H,3,11,13-15,17-20H2,1-2H3/t27-/m1/s1. The molecule has 2 heterocycles. The van der Waals surface area contributed by atoms with Crippen LogP contribution < -0.4 is 14.2 Å². The molecule has 1 aliphatic heterocycles. The van der Waals surface area contributed by atoms with Crippen LogP contribution in [0.5, 0.6) is 17.2 Å². The molecule has 2 aromatic carbocycles. The first kappa shape index (κ1) is 26.3. The van der Waals surface area contributed by atoms with Crippen molar-refractivity contribution in [2.24, 2.45) is 0 Å². The summed E-state index contributed by atoms with van der Waals surface area (Å²) in [5.74, 6) is 3.07. The molecule has 1 fully saturated rings. The molecule has 0 spiro atoms. The summed E-state index contributed by atoms with van der Waals surface area (Å²) in [6, 6.07) is 13.1. The first-order valence-electron chi connectivity index (χ1n) is 12.1. The third-order valence-corrected chi connectivity index (χ3v) is 6.37. The molecule has 3 aromatic rings. The highest BCUT2D eigenvalue weighted by atomic mass is 35.5. The molecule has 1 saturated heterocycles. The summed E-state index contributed by atoms with van der Waals surface area (Å²) in [7, 11) is 1.65. The Balaban J connectivity index is 1.31. The maximum absolute atomic E-state index is 11.2. The number of imidazole rings is 1. The van der Waals surface area contributed by atoms with E-state index in [4.69, 9.17) is 30.5 Å². The maximum atomic E-state index is 11.2. The van der Waals surface area contributed by atoms with E-state index in [0.717, 1.165) is 30.1 Å². The van der Waals surface area contributed by atoms with Crippen molar-refractivity contribution in [3.05, 3.63) is 71.3 Å². The molecular formula is C27H34ClN3O5. The summed E-state index contributed by atoms with van der Waals surface area (Å²) in [6.07, 6.45) is 4.65. The van der Waals surface area contributed by atoms with Gasteiger partial charge in [0.1, 0.15) is 23.8 Å². The number of hydrogen-bond acceptors (Lipinski definition) is 7. The number of aryl methyl sites for hydroxylation is 2. The molecule has 194 valence electrons. The van der Waals surface area contributed by atoms with Gasteiger partial charge < -0.3 is 28.6 Å². The predicted molar refractivity (Wildman–Crippen MR) is 138 cm³/mol. The zero-order chi connectivity index (χ0) is 25.4. The van der Waals surface area contributed by atoms with Crippen LogP contribution in [0.1, 0.15) is 17.8 Å². The largest absolute Gasteiger partial charge is 0.493 e. The smallest absolute Gasteiger partial charge is 0.161 e. The zero-order valence-electron chi connectivity index (χ0n) is 20.9. The second kappa shape index (κ2) is 12.5. The summed E-state index contributed by atoms with van der Waals surface area (Å²) < 4.78 is 25.2. The first-order valence-corrected chi connectivity index (χ1v) is 12.5. The van der Waals surface area contributed by atoms with Crippen LogP contribution in [0.3, 0.4) is 0 Å². The van der Waals surface area contributed by atoms with E-state index in [1.54, 1.807) is 31.4 Å². The van der Waals surface area contributed by atoms with Gasteiger partial charge in [0.2, 0.25) is 0 Å². The molecule has 8 nitrogen and oxygen atoms in total. The average Bonchev–Trinajstić information content (AvgIpc) is 3.19. The molecule has 0 radical (unpaired) electrons. The fourth-order valence-electron chi connectivity index (χ4n) is 4.21. The van der Waals surface area contributed by atoms with Gasteiger partial charge in [0, 0.05) is 43.6 Å². The second-order valence-electron chi connectivity index (χ2n) is 9.09. The quantitative estimate of drug-likeness (QED) is 0.387. The Morgan fingerprint density at radius 1 is 1.14 bits per heavy atom. The van der Waals surface area contributed by atoms with E-state index in [-0.39, 0.29) is 13.2 Å². The maximum Gasteiger partial charge on any atom is 0.161 e. The Kier molecular flexibility index (Phi) is 9.09. The number of hydrogen-bond donors (Lipinski definition) is 1. The highest BCUT2D eigenvalue weighted by Gasteiger charge is 2.33. The summed E-state index contributed by atoms with van der Waals surface area (Å²) in [4.78, 5) is 6.41. The Bertz CT molecular complexity index is 1110. The molecule has 0 amide bonds. The molecule has 1 aromatic heterocycles. The lowest BCUT2D eigenvalue weighted by molar-refractivity contribution is -0.0646. The van der Waals surface area contributed by atoms with E-state index in [1.807, 2.05) is 37.5 Å². The number of aliphatic hydroxyl groups is 1. The number of halogens is 1. The molecule has 36 heavy (non-hydrogen) atoms. The van der Waals surface area contributed by atoms with E-state index in [1.165, 1.54) is 0 Å². The number of rotatable bonds is 11. The van der Waals surface area contributed by atoms with Gasteiger partial charge in [-0.3, -0.25) is 4.90 Å². The Hall–Kier alpha value is -2.78. The van der Waals surface area contributed by atoms with Gasteiger partial charge in [-0.15, -0.1) is 0 Å². The van der Waals surface area contributed by atoms with Crippen molar-refractivity contribution in [1.82, 2.24) is 14.5 Å². The van der Waals surface area contributed by atoms with Gasteiger partial charge in [0.15, 0.2) is 11.5 Å². The molecule has 1 N–H and O–H groups in total. The van der Waals surface area contributed by atoms with Gasteiger partial charge in [-0.2, -0.15) is 0 Å². The van der Waals surface area contributed by atoms with E-state index >= 15 is 0 Å². The molecule has 1 atom stereocenters. The van der Waals surface area contributed by atoms with Gasteiger partial charge in [-0.25, -0.2) is 4.98 Å². The normalized spacial score (nSPS) is 18.6. The Labute approximate surface area is 217 Å². The van der Waals surface area contributed by atoms with Crippen LogP contribution in [-0.2, 0) is 17.8 Å². The lowest BCUT2D eigenvalue weighted by Crippen LogP contribution is -2.48. The van der Waals surface area contributed by atoms with Crippen molar-refractivity contribution in [3.8, 4) is 17.2 Å². The highest BCUT2D eigenvalue weighted by molar-refractivity contribution is 6.30. The van der Waals surface area contributed by atoms with Crippen LogP contribution in [0, 0.1) is 6.92 Å². The lowest BCUT2D eigenvalue weighted by Gasteiger charge is -2.30. The molecule has 0 bridgehead atoms. The van der Waals surface area contributed by atoms with Crippen molar-refractivity contribution < 1.29 is 24.1 Å². The van der Waals surface area contributed by atoms with E-state index < -0.39 is 5.60 Å². The number of β-amino-alcohol motifs (C(OH)–C–C–N with tert-alkyl or cyclic N) is 1. The number of ether oxygens (including phenoxy) is 4. The highest BCUT2D eigenvalue weighted by Crippen LogP contribution is 2.29. The number of aromatic nitrogens is 2. The van der Waals surface area contributed by atoms with Gasteiger partial charge in [0.05, 0.1) is 26.9 Å². The summed E-state index contributed by atoms with van der Waals surface area (Å²) >= 11 is 5.94. The predicted octanol–water partition coefficient (Wildman–Crippen LogP) is 3.96. The van der Waals surface area contributed by atoms with Crippen LogP contribution in [0.2, 0.25) is 5.02 Å². The van der Waals surface area contributed by atoms with Crippen molar-refractivity contribution in [3.63, 3.8) is 0 Å². The molecule has 1 aliphatic rings. The molecule has 0 unspecified atom stereocenters. The number of nitrogens with zero attached hydrogens (tertiary/aromatic N) is 3. The summed E-state index contributed by atoms with van der Waals surface area (Å²) in [5, 5.41) is 11.8. The summed E-state index contributed by atoms with van der Waals surface area (Å²) in [6.45, 7) is 6.08. The van der Waals surface area contributed by atoms with Crippen LogP contribution in [-0.4, -0.2) is 71.8 Å². The van der Waals surface area contributed by atoms with E-state index in [2.05, 4.69) is 14.5 Å². The van der Waals surface area contributed by atoms with Gasteiger partial charge in [-0.1, -0.05) is 17.7 Å². The van der Waals surface area contributed by atoms with Crippen molar-refractivity contribution >= 4 is 11.6 Å². The minimum absolute atomic E-state index is 0.125. The van der Waals surface area contributed by atoms with Crippen molar-refractivity contribution in [1.29, 1.82) is 0 Å². The molecule has 0 saturated carbocycles. The molecule has 0 aliphatic carbocycles. The van der Waals surface area contributed by atoms with Crippen LogP contribution in [0.25, 0.3) is 0 Å². The van der Waals surface area contributed by atoms with E-state index in [9.17, 15) is 5.11 Å². The van der Waals surface area contributed by atoms with Crippen molar-refractivity contribution in [2.75, 3.05) is 46.6 Å². The Morgan fingerprint density at radius 2 is 1.97 bits per heavy atom. The first-order chi connectivity index (χ1) is 17.4. The molecule has 4 rings (SSSR count). The molecule has 9 heteroatoms. The molecular weight excluding hydrogens is 482 g/mol. The summed E-state index contributed by atoms with van der Waals surface area (Å²) in [5.41, 5.74) is -0.0623. The van der Waals surface area contributed by atoms with Gasteiger partial charge in [-0.05, 0) is 55.3 Å². The second-order valence-corrected chi connectivity index (χ2v) is 9.52. The van der Waals surface area contributed by atoms with Crippen molar-refractivity contribution in [2.45, 2.75) is 32.0 Å². The number of benzene rings is 2. The number of methoxy groups -OCH3 is 1. The lowest BCUT2D eigenvalue weighted by atomic mass is 10.1. The van der Waals surface area contributed by atoms with Gasteiger partial charge >= 0.3 is 0 Å². The Morgan fingerprint density at radius 3 is 2.72 bits per heavy atom. The minimum atomic E-state index is -1.13. The van der Waals surface area contributed by atoms with Crippen LogP contribution >= 0.6 is 11.6 Å². The monoisotopic (exact) mass is 515 g/mol. The van der Waals surface area contributed by atoms with Crippen LogP contribution in [0.4, 0.5) is 0 Å². The average molecular weight is 516 g/mol. The topological polar surface area (TPSA) is 78.2 Å². The third-order valence-electron chi connectivity index (χ3n) is 6.12. The SMILES string of the molecule is COc1cc(CN2CCOC[C@@](O)(COc3ccc(Cl)cc3)C2)ccc1OCCCn1ccnc1C.